The van der Waals surface area contributed by atoms with Gasteiger partial charge >= 0.3 is 0 Å². The molecule has 0 amide bonds. The largest absolute Gasteiger partial charge is 0.365 e. The fourth-order valence-electron chi connectivity index (χ4n) is 6.17. The molecular formula is C27H37FN8O2S. The molecule has 0 bridgehead atoms. The van der Waals surface area contributed by atoms with Crippen molar-refractivity contribution in [3.05, 3.63) is 36.4 Å². The Bertz CT molecular complexity index is 1390. The van der Waals surface area contributed by atoms with Gasteiger partial charge in [0.1, 0.15) is 5.82 Å². The monoisotopic (exact) mass is 556 g/mol. The zero-order valence-corrected chi connectivity index (χ0v) is 22.9. The molecule has 2 aromatic heterocycles. The van der Waals surface area contributed by atoms with Gasteiger partial charge in [0.25, 0.3) is 0 Å². The van der Waals surface area contributed by atoms with Gasteiger partial charge in [-0.2, -0.15) is 14.3 Å². The van der Waals surface area contributed by atoms with Crippen LogP contribution in [0.5, 0.6) is 0 Å². The van der Waals surface area contributed by atoms with Crippen molar-refractivity contribution in [2.24, 2.45) is 5.73 Å². The Morgan fingerprint density at radius 2 is 1.54 bits per heavy atom. The van der Waals surface area contributed by atoms with E-state index in [4.69, 9.17) is 20.7 Å². The maximum absolute atomic E-state index is 13.3. The molecule has 3 fully saturated rings. The average molecular weight is 557 g/mol. The number of nitrogens with two attached hydrogens (primary N) is 1. The first-order valence-corrected chi connectivity index (χ1v) is 15.6. The second-order valence-electron chi connectivity index (χ2n) is 11.2. The van der Waals surface area contributed by atoms with Crippen molar-refractivity contribution in [1.82, 2.24) is 23.8 Å². The Hall–Kier alpha value is -2.83. The number of hydrogen-bond acceptors (Lipinski definition) is 8. The number of hydrogen-bond donors (Lipinski definition) is 3. The highest BCUT2D eigenvalue weighted by Gasteiger charge is 2.31. The fourth-order valence-corrected chi connectivity index (χ4v) is 7.64. The SMILES string of the molecule is NC1CCC(Nc2nc(NC3CCN(S(=O)(=O)c4ccc(F)cc4)CC3)c3ncn(C4CCCC4)c3n2)CC1. The molecule has 2 saturated carbocycles. The molecule has 0 unspecified atom stereocenters. The number of aromatic nitrogens is 4. The number of anilines is 2. The zero-order chi connectivity index (χ0) is 27.0. The van der Waals surface area contributed by atoms with Crippen molar-refractivity contribution in [3.63, 3.8) is 0 Å². The highest BCUT2D eigenvalue weighted by atomic mass is 32.2. The standard InChI is InChI=1S/C27H37FN8O2S/c28-18-5-11-23(12-6-18)39(37,38)35-15-13-21(14-16-35)31-25-24-26(36(17-30-24)22-3-1-2-4-22)34-27(33-25)32-20-9-7-19(29)8-10-20/h5-6,11-12,17,19-22H,1-4,7-10,13-16,29H2,(H2,31,32,33,34). The Morgan fingerprint density at radius 3 is 2.23 bits per heavy atom. The number of piperidine rings is 1. The predicted molar refractivity (Wildman–Crippen MR) is 148 cm³/mol. The lowest BCUT2D eigenvalue weighted by Gasteiger charge is -2.32. The van der Waals surface area contributed by atoms with Gasteiger partial charge in [0, 0.05) is 37.3 Å². The topological polar surface area (TPSA) is 131 Å². The molecule has 210 valence electrons. The summed E-state index contributed by atoms with van der Waals surface area (Å²) in [5, 5.41) is 7.13. The minimum absolute atomic E-state index is 0.0416. The van der Waals surface area contributed by atoms with Gasteiger partial charge in [0.15, 0.2) is 17.0 Å². The molecule has 3 aromatic rings. The number of rotatable bonds is 7. The Balaban J connectivity index is 1.20. The molecule has 0 spiro atoms. The summed E-state index contributed by atoms with van der Waals surface area (Å²) in [6.07, 6.45) is 11.8. The molecular weight excluding hydrogens is 519 g/mol. The molecule has 3 heterocycles. The highest BCUT2D eigenvalue weighted by molar-refractivity contribution is 7.89. The molecule has 0 radical (unpaired) electrons. The first kappa shape index (κ1) is 26.4. The molecule has 1 saturated heterocycles. The van der Waals surface area contributed by atoms with Gasteiger partial charge in [0.2, 0.25) is 16.0 Å². The Morgan fingerprint density at radius 1 is 0.872 bits per heavy atom. The van der Waals surface area contributed by atoms with Crippen molar-refractivity contribution >= 4 is 33.0 Å². The van der Waals surface area contributed by atoms with E-state index in [0.717, 1.165) is 49.7 Å². The van der Waals surface area contributed by atoms with E-state index in [0.29, 0.717) is 43.7 Å². The van der Waals surface area contributed by atoms with Gasteiger partial charge < -0.3 is 20.9 Å². The molecule has 39 heavy (non-hydrogen) atoms. The van der Waals surface area contributed by atoms with Crippen molar-refractivity contribution in [3.8, 4) is 0 Å². The summed E-state index contributed by atoms with van der Waals surface area (Å²) in [5.74, 6) is 0.831. The molecule has 0 atom stereocenters. The first-order chi connectivity index (χ1) is 18.9. The second kappa shape index (κ2) is 11.0. The van der Waals surface area contributed by atoms with Crippen LogP contribution in [0.15, 0.2) is 35.5 Å². The number of sulfonamides is 1. The van der Waals surface area contributed by atoms with Gasteiger partial charge in [-0.05, 0) is 75.6 Å². The number of halogens is 1. The molecule has 4 N–H and O–H groups in total. The third-order valence-corrected chi connectivity index (χ3v) is 10.4. The number of nitrogens with one attached hydrogen (secondary N) is 2. The maximum Gasteiger partial charge on any atom is 0.243 e. The number of nitrogens with zero attached hydrogens (tertiary/aromatic N) is 5. The first-order valence-electron chi connectivity index (χ1n) is 14.2. The lowest BCUT2D eigenvalue weighted by Crippen LogP contribution is -2.42. The molecule has 3 aliphatic rings. The minimum Gasteiger partial charge on any atom is -0.365 e. The maximum atomic E-state index is 13.3. The third kappa shape index (κ3) is 5.59. The number of benzene rings is 1. The van der Waals surface area contributed by atoms with E-state index < -0.39 is 15.8 Å². The van der Waals surface area contributed by atoms with Crippen LogP contribution in [0.1, 0.15) is 70.3 Å². The molecule has 1 aliphatic heterocycles. The van der Waals surface area contributed by atoms with Gasteiger partial charge in [-0.15, -0.1) is 0 Å². The van der Waals surface area contributed by atoms with Gasteiger partial charge in [-0.3, -0.25) is 0 Å². The molecule has 2 aliphatic carbocycles. The van der Waals surface area contributed by atoms with Crippen LogP contribution in [-0.4, -0.2) is 63.5 Å². The lowest BCUT2D eigenvalue weighted by atomic mass is 9.92. The van der Waals surface area contributed by atoms with Crippen LogP contribution in [0.3, 0.4) is 0 Å². The average Bonchev–Trinajstić information content (AvgIpc) is 3.61. The van der Waals surface area contributed by atoms with Crippen molar-refractivity contribution < 1.29 is 12.8 Å². The fraction of sp³-hybridized carbons (Fsp3) is 0.593. The second-order valence-corrected chi connectivity index (χ2v) is 13.1. The van der Waals surface area contributed by atoms with Crippen LogP contribution >= 0.6 is 0 Å². The summed E-state index contributed by atoms with van der Waals surface area (Å²) >= 11 is 0. The predicted octanol–water partition coefficient (Wildman–Crippen LogP) is 4.03. The Labute approximate surface area is 228 Å². The van der Waals surface area contributed by atoms with Crippen LogP contribution in [0, 0.1) is 5.82 Å². The van der Waals surface area contributed by atoms with Gasteiger partial charge in [0.05, 0.1) is 11.2 Å². The molecule has 6 rings (SSSR count). The highest BCUT2D eigenvalue weighted by Crippen LogP contribution is 2.34. The molecule has 1 aromatic carbocycles. The van der Waals surface area contributed by atoms with Crippen LogP contribution in [0.4, 0.5) is 16.2 Å². The summed E-state index contributed by atoms with van der Waals surface area (Å²) < 4.78 is 43.1. The zero-order valence-electron chi connectivity index (χ0n) is 22.1. The van der Waals surface area contributed by atoms with E-state index in [1.165, 1.54) is 41.4 Å². The van der Waals surface area contributed by atoms with E-state index in [1.807, 2.05) is 6.33 Å². The summed E-state index contributed by atoms with van der Waals surface area (Å²) in [6.45, 7) is 0.741. The molecule has 10 nitrogen and oxygen atoms in total. The summed E-state index contributed by atoms with van der Waals surface area (Å²) in [6, 6.07) is 6.00. The van der Waals surface area contributed by atoms with E-state index in [9.17, 15) is 12.8 Å². The molecule has 12 heteroatoms. The van der Waals surface area contributed by atoms with Crippen molar-refractivity contribution in [1.29, 1.82) is 0 Å². The quantitative estimate of drug-likeness (QED) is 0.398. The van der Waals surface area contributed by atoms with E-state index in [1.54, 1.807) is 0 Å². The van der Waals surface area contributed by atoms with Crippen LogP contribution in [-0.2, 0) is 10.0 Å². The van der Waals surface area contributed by atoms with Crippen molar-refractivity contribution in [2.75, 3.05) is 23.7 Å². The van der Waals surface area contributed by atoms with Crippen LogP contribution < -0.4 is 16.4 Å². The minimum atomic E-state index is -3.66. The van der Waals surface area contributed by atoms with Gasteiger partial charge in [-0.1, -0.05) is 12.8 Å². The van der Waals surface area contributed by atoms with E-state index in [2.05, 4.69) is 15.2 Å². The van der Waals surface area contributed by atoms with Gasteiger partial charge in [-0.25, -0.2) is 17.8 Å². The summed E-state index contributed by atoms with van der Waals surface area (Å²) in [4.78, 5) is 14.6. The van der Waals surface area contributed by atoms with E-state index in [-0.39, 0.29) is 23.0 Å². The third-order valence-electron chi connectivity index (χ3n) is 8.49. The number of imidazole rings is 1. The Kier molecular flexibility index (Phi) is 7.43. The summed E-state index contributed by atoms with van der Waals surface area (Å²) in [7, 11) is -3.66. The van der Waals surface area contributed by atoms with Crippen molar-refractivity contribution in [2.45, 2.75) is 93.3 Å². The summed E-state index contributed by atoms with van der Waals surface area (Å²) in [5.41, 5.74) is 7.70. The van der Waals surface area contributed by atoms with Crippen LogP contribution in [0.2, 0.25) is 0 Å². The van der Waals surface area contributed by atoms with Crippen LogP contribution in [0.25, 0.3) is 11.2 Å². The number of fused-ring (bicyclic) bond motifs is 1. The normalized spacial score (nSPS) is 23.8. The van der Waals surface area contributed by atoms with E-state index >= 15 is 0 Å². The smallest absolute Gasteiger partial charge is 0.243 e. The lowest BCUT2D eigenvalue weighted by molar-refractivity contribution is 0.329.